The van der Waals surface area contributed by atoms with E-state index in [1.807, 2.05) is 0 Å². The molecule has 2 heteroatoms. The average Bonchev–Trinajstić information content (AvgIpc) is 3.51. The van der Waals surface area contributed by atoms with Gasteiger partial charge < -0.3 is 0 Å². The van der Waals surface area contributed by atoms with Gasteiger partial charge in [-0.25, -0.2) is 0 Å². The second-order valence-corrected chi connectivity index (χ2v) is 22.3. The van der Waals surface area contributed by atoms with E-state index in [0.717, 1.165) is 6.42 Å². The first-order chi connectivity index (χ1) is 15.9. The van der Waals surface area contributed by atoms with E-state index in [2.05, 4.69) is 127 Å². The minimum atomic E-state index is -2.28. The summed E-state index contributed by atoms with van der Waals surface area (Å²) in [6.07, 6.45) is 8.30. The van der Waals surface area contributed by atoms with E-state index in [-0.39, 0.29) is 0 Å². The SMILES string of the molecule is C1=CC[C]([Zr]([CH]2c3ccccc3-c3ccccc32)=[Si](c2ccccc2)c2ccccc2)=C1. The summed E-state index contributed by atoms with van der Waals surface area (Å²) in [6.45, 7) is 0. The Morgan fingerprint density at radius 1 is 0.594 bits per heavy atom. The molecule has 0 N–H and O–H groups in total. The fourth-order valence-electron chi connectivity index (χ4n) is 5.29. The molecule has 4 aromatic rings. The maximum atomic E-state index is 2.48. The van der Waals surface area contributed by atoms with E-state index in [0.29, 0.717) is 3.63 Å². The summed E-state index contributed by atoms with van der Waals surface area (Å²) in [4.78, 5) is 0. The Morgan fingerprint density at radius 2 is 1.09 bits per heavy atom. The third-order valence-corrected chi connectivity index (χ3v) is 26.4. The van der Waals surface area contributed by atoms with E-state index >= 15 is 0 Å². The van der Waals surface area contributed by atoms with Crippen molar-refractivity contribution in [2.75, 3.05) is 0 Å². The Morgan fingerprint density at radius 3 is 1.59 bits per heavy atom. The van der Waals surface area contributed by atoms with Crippen molar-refractivity contribution in [3.63, 3.8) is 0 Å². The summed E-state index contributed by atoms with van der Waals surface area (Å²) in [5, 5.41) is 3.15. The van der Waals surface area contributed by atoms with Gasteiger partial charge in [0.2, 0.25) is 0 Å². The summed E-state index contributed by atoms with van der Waals surface area (Å²) in [7, 11) is 0. The summed E-state index contributed by atoms with van der Waals surface area (Å²) < 4.78 is 2.34. The fourth-order valence-corrected chi connectivity index (χ4v) is 27.6. The van der Waals surface area contributed by atoms with Crippen molar-refractivity contribution in [3.8, 4) is 11.1 Å². The van der Waals surface area contributed by atoms with Crippen LogP contribution in [0.2, 0.25) is 0 Å². The zero-order chi connectivity index (χ0) is 21.3. The van der Waals surface area contributed by atoms with Crippen LogP contribution in [0.4, 0.5) is 0 Å². The average molecular weight is 504 g/mol. The van der Waals surface area contributed by atoms with Gasteiger partial charge in [-0.1, -0.05) is 0 Å². The maximum absolute atomic E-state index is 2.48. The van der Waals surface area contributed by atoms with Gasteiger partial charge in [0.25, 0.3) is 0 Å². The third-order valence-electron chi connectivity index (χ3n) is 6.63. The number of hydrogen-bond acceptors (Lipinski definition) is 0. The van der Waals surface area contributed by atoms with Crippen molar-refractivity contribution in [3.05, 3.63) is 142 Å². The molecule has 0 amide bonds. The Bertz CT molecular complexity index is 1290. The van der Waals surface area contributed by atoms with Crippen molar-refractivity contribution >= 4 is 15.8 Å². The molecule has 2 aliphatic rings. The fraction of sp³-hybridized carbons (Fsp3) is 0.0667. The Kier molecular flexibility index (Phi) is 5.51. The second kappa shape index (κ2) is 8.77. The zero-order valence-electron chi connectivity index (χ0n) is 17.9. The van der Waals surface area contributed by atoms with Crippen LogP contribution in [0.3, 0.4) is 0 Å². The number of fused-ring (bicyclic) bond motifs is 3. The van der Waals surface area contributed by atoms with Crippen molar-refractivity contribution in [2.45, 2.75) is 10.0 Å². The molecule has 0 aliphatic heterocycles. The zero-order valence-corrected chi connectivity index (χ0v) is 21.4. The Hall–Kier alpha value is -2.54. The first-order valence-corrected chi connectivity index (χ1v) is 19.1. The molecule has 0 saturated heterocycles. The summed E-state index contributed by atoms with van der Waals surface area (Å²) >= 11 is -2.28. The van der Waals surface area contributed by atoms with Gasteiger partial charge >= 0.3 is 199 Å². The van der Waals surface area contributed by atoms with E-state index in [1.165, 1.54) is 11.1 Å². The standard InChI is InChI=1S/C13H9.C12H10Si.C5H5.Zr/c1-3-7-12-10(5-1)9-11-6-2-4-8-13(11)12;1-3-7-11(8-4-1)13-12-9-5-2-6-10-12;1-2-4-5-3-1;/h1-9H;1-10H;1-3H,4H2;. The predicted octanol–water partition coefficient (Wildman–Crippen LogP) is 6.02. The molecule has 0 nitrogen and oxygen atoms in total. The van der Waals surface area contributed by atoms with Crippen LogP contribution < -0.4 is 10.4 Å². The Balaban J connectivity index is 1.72. The van der Waals surface area contributed by atoms with Crippen LogP contribution >= 0.6 is 0 Å². The monoisotopic (exact) mass is 502 g/mol. The van der Waals surface area contributed by atoms with Crippen LogP contribution in [0.1, 0.15) is 21.2 Å². The van der Waals surface area contributed by atoms with E-state index < -0.39 is 25.8 Å². The van der Waals surface area contributed by atoms with Gasteiger partial charge in [0.1, 0.15) is 0 Å². The molecule has 0 radical (unpaired) electrons. The van der Waals surface area contributed by atoms with Gasteiger partial charge in [-0.2, -0.15) is 0 Å². The molecule has 0 bridgehead atoms. The molecule has 6 rings (SSSR count). The van der Waals surface area contributed by atoms with Gasteiger partial charge in [0.15, 0.2) is 0 Å². The van der Waals surface area contributed by atoms with Gasteiger partial charge in [0, 0.05) is 0 Å². The van der Waals surface area contributed by atoms with Gasteiger partial charge in [-0.3, -0.25) is 0 Å². The van der Waals surface area contributed by atoms with Crippen LogP contribution in [-0.2, 0) is 20.4 Å². The van der Waals surface area contributed by atoms with E-state index in [9.17, 15) is 0 Å². The Labute approximate surface area is 198 Å². The quantitative estimate of drug-likeness (QED) is 0.299. The third kappa shape index (κ3) is 3.47. The van der Waals surface area contributed by atoms with Crippen molar-refractivity contribution in [1.82, 2.24) is 0 Å². The molecule has 32 heavy (non-hydrogen) atoms. The number of allylic oxidation sites excluding steroid dienone is 4. The van der Waals surface area contributed by atoms with Crippen LogP contribution in [0, 0.1) is 0 Å². The first kappa shape index (κ1) is 20.1. The molecule has 0 aromatic heterocycles. The van der Waals surface area contributed by atoms with Crippen molar-refractivity contribution in [2.24, 2.45) is 0 Å². The van der Waals surface area contributed by atoms with Crippen molar-refractivity contribution in [1.29, 1.82) is 0 Å². The minimum absolute atomic E-state index is 0.574. The number of benzene rings is 4. The van der Waals surface area contributed by atoms with Crippen LogP contribution in [0.15, 0.2) is 131 Å². The second-order valence-electron chi connectivity index (χ2n) is 8.45. The van der Waals surface area contributed by atoms with Crippen LogP contribution in [0.5, 0.6) is 0 Å². The van der Waals surface area contributed by atoms with Crippen LogP contribution in [0.25, 0.3) is 11.1 Å². The predicted molar refractivity (Wildman–Crippen MR) is 133 cm³/mol. The van der Waals surface area contributed by atoms with Gasteiger partial charge in [0.05, 0.1) is 0 Å². The molecule has 152 valence electrons. The molecular weight excluding hydrogens is 480 g/mol. The molecule has 0 spiro atoms. The molecule has 0 atom stereocenters. The summed E-state index contributed by atoms with van der Waals surface area (Å²) in [5.41, 5.74) is 5.17. The molecule has 0 heterocycles. The molecule has 4 aromatic carbocycles. The molecular formula is C30H24SiZr. The van der Waals surface area contributed by atoms with Gasteiger partial charge in [-0.15, -0.1) is 0 Å². The molecule has 0 unspecified atom stereocenters. The normalized spacial score (nSPS) is 14.1. The first-order valence-electron chi connectivity index (χ1n) is 11.3. The van der Waals surface area contributed by atoms with Crippen LogP contribution in [-0.4, -0.2) is 5.43 Å². The summed E-state index contributed by atoms with van der Waals surface area (Å²) in [6, 6.07) is 41.3. The summed E-state index contributed by atoms with van der Waals surface area (Å²) in [5.74, 6) is 0. The number of rotatable bonds is 4. The van der Waals surface area contributed by atoms with E-state index in [4.69, 9.17) is 0 Å². The molecule has 0 fully saturated rings. The van der Waals surface area contributed by atoms with Crippen molar-refractivity contribution < 1.29 is 20.4 Å². The number of hydrogen-bond donors (Lipinski definition) is 0. The topological polar surface area (TPSA) is 0 Å². The molecule has 2 aliphatic carbocycles. The molecule has 0 saturated carbocycles. The van der Waals surface area contributed by atoms with E-state index in [1.54, 1.807) is 24.8 Å². The van der Waals surface area contributed by atoms with Gasteiger partial charge in [-0.05, 0) is 0 Å².